The Morgan fingerprint density at radius 1 is 1.33 bits per heavy atom. The largest absolute Gasteiger partial charge is 0.196 e. The third kappa shape index (κ3) is 2.69. The van der Waals surface area contributed by atoms with Crippen molar-refractivity contribution in [3.63, 3.8) is 0 Å². The molecule has 0 aliphatic carbocycles. The molecule has 60 valence electrons. The van der Waals surface area contributed by atoms with Gasteiger partial charge < -0.3 is 0 Å². The summed E-state index contributed by atoms with van der Waals surface area (Å²) in [5.41, 5.74) is 0.703. The highest BCUT2D eigenvalue weighted by Crippen LogP contribution is 2.16. The van der Waals surface area contributed by atoms with Crippen LogP contribution in [0.2, 0.25) is 5.02 Å². The standard InChI is InChI=1S/C8H6ClN3/c9-7-1-3-8(4-2-7)12-11-6-5-10/h1-4H,6H2. The SMILES string of the molecule is N#CCN=Nc1ccc(Cl)cc1. The lowest BCUT2D eigenvalue weighted by molar-refractivity contribution is 1.08. The highest BCUT2D eigenvalue weighted by Gasteiger charge is 1.88. The molecule has 1 aromatic rings. The molecule has 0 N–H and O–H groups in total. The van der Waals surface area contributed by atoms with Gasteiger partial charge in [-0.15, -0.1) is 0 Å². The Hall–Kier alpha value is -1.40. The molecule has 0 spiro atoms. The van der Waals surface area contributed by atoms with E-state index in [2.05, 4.69) is 10.2 Å². The fraction of sp³-hybridized carbons (Fsp3) is 0.125. The maximum atomic E-state index is 8.16. The van der Waals surface area contributed by atoms with Crippen LogP contribution in [0.15, 0.2) is 34.5 Å². The van der Waals surface area contributed by atoms with Gasteiger partial charge in [0.15, 0.2) is 0 Å². The molecule has 12 heavy (non-hydrogen) atoms. The van der Waals surface area contributed by atoms with Gasteiger partial charge in [0.1, 0.15) is 6.54 Å². The number of hydrogen-bond acceptors (Lipinski definition) is 3. The van der Waals surface area contributed by atoms with Gasteiger partial charge in [0.05, 0.1) is 11.8 Å². The first-order chi connectivity index (χ1) is 5.83. The molecule has 0 bridgehead atoms. The smallest absolute Gasteiger partial charge is 0.147 e. The lowest BCUT2D eigenvalue weighted by atomic mass is 10.3. The van der Waals surface area contributed by atoms with Crippen LogP contribution in [0.4, 0.5) is 5.69 Å². The minimum Gasteiger partial charge on any atom is -0.196 e. The molecule has 4 heteroatoms. The van der Waals surface area contributed by atoms with Crippen LogP contribution >= 0.6 is 11.6 Å². The molecule has 0 atom stereocenters. The summed E-state index contributed by atoms with van der Waals surface area (Å²) in [7, 11) is 0. The molecule has 0 unspecified atom stereocenters. The van der Waals surface area contributed by atoms with Crippen LogP contribution < -0.4 is 0 Å². The normalized spacial score (nSPS) is 10.0. The first kappa shape index (κ1) is 8.69. The van der Waals surface area contributed by atoms with Gasteiger partial charge in [0.2, 0.25) is 0 Å². The van der Waals surface area contributed by atoms with E-state index in [-0.39, 0.29) is 6.54 Å². The van der Waals surface area contributed by atoms with E-state index >= 15 is 0 Å². The second-order valence-corrected chi connectivity index (χ2v) is 2.47. The Kier molecular flexibility index (Phi) is 3.24. The summed E-state index contributed by atoms with van der Waals surface area (Å²) in [4.78, 5) is 0. The number of hydrogen-bond donors (Lipinski definition) is 0. The van der Waals surface area contributed by atoms with Crippen molar-refractivity contribution in [2.24, 2.45) is 10.2 Å². The maximum absolute atomic E-state index is 8.16. The van der Waals surface area contributed by atoms with Crippen molar-refractivity contribution in [1.82, 2.24) is 0 Å². The summed E-state index contributed by atoms with van der Waals surface area (Å²) in [5.74, 6) is 0. The zero-order valence-electron chi connectivity index (χ0n) is 6.24. The molecule has 0 saturated heterocycles. The average molecular weight is 180 g/mol. The van der Waals surface area contributed by atoms with Gasteiger partial charge in [0, 0.05) is 5.02 Å². The van der Waals surface area contributed by atoms with Gasteiger partial charge in [-0.2, -0.15) is 15.5 Å². The number of benzene rings is 1. The quantitative estimate of drug-likeness (QED) is 0.509. The van der Waals surface area contributed by atoms with Gasteiger partial charge in [-0.3, -0.25) is 0 Å². The third-order valence-electron chi connectivity index (χ3n) is 1.15. The van der Waals surface area contributed by atoms with Crippen LogP contribution in [-0.2, 0) is 0 Å². The molecule has 0 heterocycles. The van der Waals surface area contributed by atoms with E-state index in [0.29, 0.717) is 10.7 Å². The van der Waals surface area contributed by atoms with Crippen LogP contribution in [0.1, 0.15) is 0 Å². The van der Waals surface area contributed by atoms with Crippen molar-refractivity contribution >= 4 is 17.3 Å². The predicted octanol–water partition coefficient (Wildman–Crippen LogP) is 2.95. The molecule has 0 saturated carbocycles. The molecular weight excluding hydrogens is 174 g/mol. The monoisotopic (exact) mass is 179 g/mol. The Balaban J connectivity index is 2.66. The number of nitrogens with zero attached hydrogens (tertiary/aromatic N) is 3. The maximum Gasteiger partial charge on any atom is 0.147 e. The van der Waals surface area contributed by atoms with Crippen molar-refractivity contribution in [2.75, 3.05) is 6.54 Å². The van der Waals surface area contributed by atoms with Gasteiger partial charge in [-0.05, 0) is 24.3 Å². The van der Waals surface area contributed by atoms with E-state index in [1.807, 2.05) is 6.07 Å². The second-order valence-electron chi connectivity index (χ2n) is 2.03. The van der Waals surface area contributed by atoms with Gasteiger partial charge >= 0.3 is 0 Å². The van der Waals surface area contributed by atoms with E-state index in [0.717, 1.165) is 0 Å². The Morgan fingerprint density at radius 3 is 2.58 bits per heavy atom. The van der Waals surface area contributed by atoms with E-state index in [1.54, 1.807) is 24.3 Å². The Bertz CT molecular complexity index is 310. The van der Waals surface area contributed by atoms with Crippen LogP contribution in [0, 0.1) is 11.3 Å². The molecule has 0 fully saturated rings. The topological polar surface area (TPSA) is 48.5 Å². The number of halogens is 1. The van der Waals surface area contributed by atoms with Crippen molar-refractivity contribution in [3.05, 3.63) is 29.3 Å². The molecule has 1 aromatic carbocycles. The second kappa shape index (κ2) is 4.47. The molecular formula is C8H6ClN3. The first-order valence-electron chi connectivity index (χ1n) is 3.33. The van der Waals surface area contributed by atoms with Crippen molar-refractivity contribution in [1.29, 1.82) is 5.26 Å². The lowest BCUT2D eigenvalue weighted by Gasteiger charge is -1.90. The summed E-state index contributed by atoms with van der Waals surface area (Å²) < 4.78 is 0. The predicted molar refractivity (Wildman–Crippen MR) is 46.4 cm³/mol. The van der Waals surface area contributed by atoms with Crippen molar-refractivity contribution in [2.45, 2.75) is 0 Å². The fourth-order valence-electron chi connectivity index (χ4n) is 0.656. The summed E-state index contributed by atoms with van der Waals surface area (Å²) in [6.07, 6.45) is 0. The Labute approximate surface area is 75.3 Å². The summed E-state index contributed by atoms with van der Waals surface area (Å²) in [6.45, 7) is 0.0859. The first-order valence-corrected chi connectivity index (χ1v) is 3.71. The zero-order valence-corrected chi connectivity index (χ0v) is 6.99. The summed E-state index contributed by atoms with van der Waals surface area (Å²) >= 11 is 5.65. The van der Waals surface area contributed by atoms with E-state index < -0.39 is 0 Å². The molecule has 0 aromatic heterocycles. The minimum atomic E-state index is 0.0859. The van der Waals surface area contributed by atoms with Crippen molar-refractivity contribution in [3.8, 4) is 6.07 Å². The lowest BCUT2D eigenvalue weighted by Crippen LogP contribution is -1.68. The average Bonchev–Trinajstić information content (AvgIpc) is 2.09. The van der Waals surface area contributed by atoms with Gasteiger partial charge in [-0.1, -0.05) is 11.6 Å². The molecule has 0 amide bonds. The molecule has 0 radical (unpaired) electrons. The minimum absolute atomic E-state index is 0.0859. The van der Waals surface area contributed by atoms with Crippen LogP contribution in [0.25, 0.3) is 0 Å². The summed E-state index contributed by atoms with van der Waals surface area (Å²) in [6, 6.07) is 8.79. The van der Waals surface area contributed by atoms with Crippen LogP contribution in [-0.4, -0.2) is 6.54 Å². The molecule has 0 aliphatic heterocycles. The van der Waals surface area contributed by atoms with E-state index in [4.69, 9.17) is 16.9 Å². The highest BCUT2D eigenvalue weighted by atomic mass is 35.5. The Morgan fingerprint density at radius 2 is 2.00 bits per heavy atom. The van der Waals surface area contributed by atoms with Gasteiger partial charge in [0.25, 0.3) is 0 Å². The van der Waals surface area contributed by atoms with Crippen molar-refractivity contribution < 1.29 is 0 Å². The van der Waals surface area contributed by atoms with Crippen LogP contribution in [0.3, 0.4) is 0 Å². The number of azo groups is 1. The zero-order chi connectivity index (χ0) is 8.81. The number of rotatable bonds is 2. The van der Waals surface area contributed by atoms with Gasteiger partial charge in [-0.25, -0.2) is 0 Å². The van der Waals surface area contributed by atoms with E-state index in [1.165, 1.54) is 0 Å². The number of nitriles is 1. The van der Waals surface area contributed by atoms with Crippen LogP contribution in [0.5, 0.6) is 0 Å². The highest BCUT2D eigenvalue weighted by molar-refractivity contribution is 6.30. The third-order valence-corrected chi connectivity index (χ3v) is 1.41. The molecule has 0 aliphatic rings. The fourth-order valence-corrected chi connectivity index (χ4v) is 0.782. The van der Waals surface area contributed by atoms with E-state index in [9.17, 15) is 0 Å². The molecule has 3 nitrogen and oxygen atoms in total. The molecule has 1 rings (SSSR count). The summed E-state index contributed by atoms with van der Waals surface area (Å²) in [5, 5.41) is 16.2.